The number of hydrogen-bond acceptors (Lipinski definition) is 5. The summed E-state index contributed by atoms with van der Waals surface area (Å²) in [5.74, 6) is -1.48. The van der Waals surface area contributed by atoms with E-state index in [0.717, 1.165) is 11.1 Å². The highest BCUT2D eigenvalue weighted by molar-refractivity contribution is 6.13. The lowest BCUT2D eigenvalue weighted by atomic mass is 10.0. The van der Waals surface area contributed by atoms with E-state index in [-0.39, 0.29) is 22.9 Å². The van der Waals surface area contributed by atoms with Crippen LogP contribution in [0.5, 0.6) is 0 Å². The lowest BCUT2D eigenvalue weighted by Gasteiger charge is -2.11. The van der Waals surface area contributed by atoms with Crippen LogP contribution < -0.4 is 10.6 Å². The Bertz CT molecular complexity index is 1310. The SMILES string of the molecule is CC(=O)Nc1ccc(F)c(NC(=O)c2cc(-c3ccc(C)cc3)nc3onc(C)c23)c1. The number of nitrogens with one attached hydrogen (secondary N) is 2. The van der Waals surface area contributed by atoms with Gasteiger partial charge in [0.25, 0.3) is 11.6 Å². The van der Waals surface area contributed by atoms with E-state index in [2.05, 4.69) is 20.8 Å². The first kappa shape index (κ1) is 20.2. The van der Waals surface area contributed by atoms with Crippen LogP contribution in [0.1, 0.15) is 28.5 Å². The summed E-state index contributed by atoms with van der Waals surface area (Å²) < 4.78 is 19.6. The second-order valence-electron chi connectivity index (χ2n) is 7.20. The highest BCUT2D eigenvalue weighted by Crippen LogP contribution is 2.28. The van der Waals surface area contributed by atoms with Crippen molar-refractivity contribution < 1.29 is 18.5 Å². The Morgan fingerprint density at radius 1 is 1.00 bits per heavy atom. The normalized spacial score (nSPS) is 10.8. The first-order valence-corrected chi connectivity index (χ1v) is 9.54. The summed E-state index contributed by atoms with van der Waals surface area (Å²) in [4.78, 5) is 28.9. The Morgan fingerprint density at radius 3 is 2.45 bits per heavy atom. The van der Waals surface area contributed by atoms with Crippen molar-refractivity contribution >= 4 is 34.3 Å². The largest absolute Gasteiger partial charge is 0.335 e. The molecule has 0 aliphatic carbocycles. The van der Waals surface area contributed by atoms with Gasteiger partial charge in [0, 0.05) is 18.2 Å². The molecule has 2 N–H and O–H groups in total. The van der Waals surface area contributed by atoms with Crippen LogP contribution in [0.3, 0.4) is 0 Å². The van der Waals surface area contributed by atoms with Crippen LogP contribution in [0.15, 0.2) is 53.1 Å². The van der Waals surface area contributed by atoms with Crippen LogP contribution in [-0.4, -0.2) is 22.0 Å². The molecule has 4 rings (SSSR count). The number of benzene rings is 2. The van der Waals surface area contributed by atoms with E-state index in [9.17, 15) is 14.0 Å². The van der Waals surface area contributed by atoms with Gasteiger partial charge in [0.05, 0.1) is 28.0 Å². The predicted molar refractivity (Wildman–Crippen MR) is 115 cm³/mol. The molecule has 0 saturated carbocycles. The first-order chi connectivity index (χ1) is 14.8. The van der Waals surface area contributed by atoms with Gasteiger partial charge in [-0.25, -0.2) is 9.37 Å². The molecule has 2 heterocycles. The van der Waals surface area contributed by atoms with Crippen LogP contribution in [0.25, 0.3) is 22.4 Å². The summed E-state index contributed by atoms with van der Waals surface area (Å²) in [6, 6.07) is 13.2. The van der Waals surface area contributed by atoms with E-state index >= 15 is 0 Å². The molecule has 0 aliphatic rings. The van der Waals surface area contributed by atoms with Gasteiger partial charge in [-0.2, -0.15) is 0 Å². The number of pyridine rings is 1. The molecule has 7 nitrogen and oxygen atoms in total. The van der Waals surface area contributed by atoms with Gasteiger partial charge in [-0.3, -0.25) is 9.59 Å². The third kappa shape index (κ3) is 4.13. The number of amides is 2. The maximum Gasteiger partial charge on any atom is 0.259 e. The third-order valence-corrected chi connectivity index (χ3v) is 4.74. The second kappa shape index (κ2) is 7.98. The molecule has 2 amide bonds. The standard InChI is InChI=1S/C23H19FN4O3/c1-12-4-6-15(7-5-12)19-11-17(21-13(2)28-31-23(21)27-19)22(30)26-20-10-16(25-14(3)29)8-9-18(20)24/h4-11H,1-3H3,(H,25,29)(H,26,30). The van der Waals surface area contributed by atoms with E-state index < -0.39 is 11.7 Å². The van der Waals surface area contributed by atoms with Crippen LogP contribution in [0.4, 0.5) is 15.8 Å². The summed E-state index contributed by atoms with van der Waals surface area (Å²) in [5, 5.41) is 9.51. The van der Waals surface area contributed by atoms with Gasteiger partial charge in [0.15, 0.2) is 0 Å². The summed E-state index contributed by atoms with van der Waals surface area (Å²) in [6.45, 7) is 5.02. The molecule has 2 aromatic heterocycles. The van der Waals surface area contributed by atoms with Crippen LogP contribution in [-0.2, 0) is 4.79 Å². The zero-order valence-corrected chi connectivity index (χ0v) is 17.1. The topological polar surface area (TPSA) is 97.1 Å². The molecule has 0 aliphatic heterocycles. The number of nitrogens with zero attached hydrogens (tertiary/aromatic N) is 2. The fourth-order valence-electron chi connectivity index (χ4n) is 3.24. The van der Waals surface area contributed by atoms with Gasteiger partial charge < -0.3 is 15.2 Å². The van der Waals surface area contributed by atoms with Crippen molar-refractivity contribution in [1.29, 1.82) is 0 Å². The van der Waals surface area contributed by atoms with Crippen molar-refractivity contribution in [2.24, 2.45) is 0 Å². The van der Waals surface area contributed by atoms with Gasteiger partial charge in [-0.15, -0.1) is 0 Å². The monoisotopic (exact) mass is 418 g/mol. The van der Waals surface area contributed by atoms with E-state index in [0.29, 0.717) is 22.5 Å². The van der Waals surface area contributed by atoms with Crippen molar-refractivity contribution in [2.75, 3.05) is 10.6 Å². The van der Waals surface area contributed by atoms with Gasteiger partial charge in [-0.1, -0.05) is 35.0 Å². The van der Waals surface area contributed by atoms with Gasteiger partial charge in [0.1, 0.15) is 5.82 Å². The Hall–Kier alpha value is -4.07. The predicted octanol–water partition coefficient (Wildman–Crippen LogP) is 4.86. The number of fused-ring (bicyclic) bond motifs is 1. The Labute approximate surface area is 177 Å². The summed E-state index contributed by atoms with van der Waals surface area (Å²) in [7, 11) is 0. The Kier molecular flexibility index (Phi) is 5.21. The zero-order chi connectivity index (χ0) is 22.1. The molecule has 0 unspecified atom stereocenters. The molecule has 0 saturated heterocycles. The molecular weight excluding hydrogens is 399 g/mol. The number of aryl methyl sites for hydroxylation is 2. The molecule has 0 bridgehead atoms. The molecular formula is C23H19FN4O3. The fourth-order valence-corrected chi connectivity index (χ4v) is 3.24. The molecule has 31 heavy (non-hydrogen) atoms. The average Bonchev–Trinajstić information content (AvgIpc) is 3.11. The number of carbonyl (C=O) groups excluding carboxylic acids is 2. The minimum Gasteiger partial charge on any atom is -0.335 e. The second-order valence-corrected chi connectivity index (χ2v) is 7.20. The number of carbonyl (C=O) groups is 2. The van der Waals surface area contributed by atoms with Crippen molar-refractivity contribution in [2.45, 2.75) is 20.8 Å². The maximum absolute atomic E-state index is 14.3. The van der Waals surface area contributed by atoms with E-state index in [1.54, 1.807) is 13.0 Å². The summed E-state index contributed by atoms with van der Waals surface area (Å²) in [5.41, 5.74) is 3.69. The fraction of sp³-hybridized carbons (Fsp3) is 0.130. The number of halogens is 1. The molecule has 8 heteroatoms. The highest BCUT2D eigenvalue weighted by Gasteiger charge is 2.20. The van der Waals surface area contributed by atoms with Gasteiger partial charge in [-0.05, 0) is 38.1 Å². The first-order valence-electron chi connectivity index (χ1n) is 9.54. The average molecular weight is 418 g/mol. The minimum absolute atomic E-state index is 0.0628. The Morgan fingerprint density at radius 2 is 1.74 bits per heavy atom. The number of anilines is 2. The molecule has 0 radical (unpaired) electrons. The minimum atomic E-state index is -0.631. The molecule has 0 fully saturated rings. The quantitative estimate of drug-likeness (QED) is 0.493. The van der Waals surface area contributed by atoms with Crippen LogP contribution in [0, 0.1) is 19.7 Å². The zero-order valence-electron chi connectivity index (χ0n) is 17.1. The lowest BCUT2D eigenvalue weighted by molar-refractivity contribution is -0.114. The van der Waals surface area contributed by atoms with Gasteiger partial charge >= 0.3 is 0 Å². The molecule has 156 valence electrons. The van der Waals surface area contributed by atoms with Crippen LogP contribution >= 0.6 is 0 Å². The molecule has 0 atom stereocenters. The smallest absolute Gasteiger partial charge is 0.259 e. The van der Waals surface area contributed by atoms with Crippen LogP contribution in [0.2, 0.25) is 0 Å². The van der Waals surface area contributed by atoms with Crippen molar-refractivity contribution in [1.82, 2.24) is 10.1 Å². The summed E-state index contributed by atoms with van der Waals surface area (Å²) >= 11 is 0. The highest BCUT2D eigenvalue weighted by atomic mass is 19.1. The maximum atomic E-state index is 14.3. The number of aromatic nitrogens is 2. The molecule has 0 spiro atoms. The molecule has 2 aromatic carbocycles. The van der Waals surface area contributed by atoms with E-state index in [4.69, 9.17) is 4.52 Å². The number of hydrogen-bond donors (Lipinski definition) is 2. The summed E-state index contributed by atoms with van der Waals surface area (Å²) in [6.07, 6.45) is 0. The third-order valence-electron chi connectivity index (χ3n) is 4.74. The van der Waals surface area contributed by atoms with Crippen molar-refractivity contribution in [3.05, 3.63) is 71.2 Å². The number of rotatable bonds is 4. The van der Waals surface area contributed by atoms with Gasteiger partial charge in [0.2, 0.25) is 5.91 Å². The van der Waals surface area contributed by atoms with Crippen molar-refractivity contribution in [3.8, 4) is 11.3 Å². The van der Waals surface area contributed by atoms with E-state index in [1.165, 1.54) is 25.1 Å². The molecule has 4 aromatic rings. The van der Waals surface area contributed by atoms with Crippen molar-refractivity contribution in [3.63, 3.8) is 0 Å². The van der Waals surface area contributed by atoms with E-state index in [1.807, 2.05) is 31.2 Å². The Balaban J connectivity index is 1.76. The lowest BCUT2D eigenvalue weighted by Crippen LogP contribution is -2.15.